The molecule has 0 spiro atoms. The fraction of sp³-hybridized carbons (Fsp3) is 1.00. The molecule has 0 aromatic rings. The lowest BCUT2D eigenvalue weighted by Gasteiger charge is -2.15. The van der Waals surface area contributed by atoms with Crippen LogP contribution in [0.25, 0.3) is 0 Å². The minimum absolute atomic E-state index is 1.03. The average Bonchev–Trinajstić information content (AvgIpc) is 2.61. The Labute approximate surface area is 111 Å². The lowest BCUT2D eigenvalue weighted by Crippen LogP contribution is -1.99. The van der Waals surface area contributed by atoms with Crippen molar-refractivity contribution in [2.24, 2.45) is 11.8 Å². The maximum absolute atomic E-state index is 2.38. The molecule has 0 aliphatic heterocycles. The summed E-state index contributed by atoms with van der Waals surface area (Å²) in [7, 11) is 0. The number of hydrogen-bond donors (Lipinski definition) is 0. The van der Waals surface area contributed by atoms with Gasteiger partial charge in [-0.15, -0.1) is 0 Å². The van der Waals surface area contributed by atoms with Crippen molar-refractivity contribution in [2.45, 2.75) is 98.3 Å². The third kappa shape index (κ3) is 10.9. The van der Waals surface area contributed by atoms with E-state index < -0.39 is 0 Å². The van der Waals surface area contributed by atoms with Crippen LogP contribution in [-0.2, 0) is 0 Å². The van der Waals surface area contributed by atoms with Gasteiger partial charge in [-0.25, -0.2) is 0 Å². The van der Waals surface area contributed by atoms with E-state index in [-0.39, 0.29) is 0 Å². The molecule has 2 saturated carbocycles. The topological polar surface area (TPSA) is 0 Å². The summed E-state index contributed by atoms with van der Waals surface area (Å²) in [5.74, 6) is 2.06. The minimum Gasteiger partial charge on any atom is -0.0683 e. The molecule has 0 heteroatoms. The Kier molecular flexibility index (Phi) is 12.5. The Morgan fingerprint density at radius 1 is 0.471 bits per heavy atom. The molecular formula is C17H36. The molecular weight excluding hydrogens is 204 g/mol. The van der Waals surface area contributed by atoms with Crippen molar-refractivity contribution in [3.8, 4) is 0 Å². The lowest BCUT2D eigenvalue weighted by molar-refractivity contribution is 0.385. The van der Waals surface area contributed by atoms with E-state index in [1.54, 1.807) is 0 Å². The predicted octanol–water partition coefficient (Wildman–Crippen LogP) is 6.59. The first-order valence-corrected chi connectivity index (χ1v) is 8.29. The highest BCUT2D eigenvalue weighted by Crippen LogP contribution is 2.22. The SMILES string of the molecule is CC.CC1CCCCC1.CC1CCCCCC1. The van der Waals surface area contributed by atoms with Crippen LogP contribution in [0.2, 0.25) is 0 Å². The van der Waals surface area contributed by atoms with Gasteiger partial charge in [-0.05, 0) is 11.8 Å². The molecule has 0 aromatic heterocycles. The quantitative estimate of drug-likeness (QED) is 0.419. The largest absolute Gasteiger partial charge is 0.0683 e. The maximum atomic E-state index is 2.38. The van der Waals surface area contributed by atoms with E-state index in [2.05, 4.69) is 13.8 Å². The van der Waals surface area contributed by atoms with Gasteiger partial charge in [0.1, 0.15) is 0 Å². The minimum atomic E-state index is 1.03. The van der Waals surface area contributed by atoms with Gasteiger partial charge in [-0.1, -0.05) is 98.3 Å². The van der Waals surface area contributed by atoms with Gasteiger partial charge in [0.15, 0.2) is 0 Å². The van der Waals surface area contributed by atoms with Crippen LogP contribution in [0.15, 0.2) is 0 Å². The third-order valence-corrected chi connectivity index (χ3v) is 4.04. The van der Waals surface area contributed by atoms with Crippen LogP contribution in [0, 0.1) is 11.8 Å². The molecule has 2 fully saturated rings. The van der Waals surface area contributed by atoms with Crippen molar-refractivity contribution < 1.29 is 0 Å². The third-order valence-electron chi connectivity index (χ3n) is 4.04. The van der Waals surface area contributed by atoms with Crippen LogP contribution >= 0.6 is 0 Å². The van der Waals surface area contributed by atoms with Crippen molar-refractivity contribution in [1.82, 2.24) is 0 Å². The van der Waals surface area contributed by atoms with Gasteiger partial charge in [-0.2, -0.15) is 0 Å². The highest BCUT2D eigenvalue weighted by molar-refractivity contribution is 4.60. The van der Waals surface area contributed by atoms with Gasteiger partial charge in [0.25, 0.3) is 0 Å². The number of rotatable bonds is 0. The van der Waals surface area contributed by atoms with Gasteiger partial charge < -0.3 is 0 Å². The van der Waals surface area contributed by atoms with E-state index in [0.29, 0.717) is 0 Å². The second-order valence-corrected chi connectivity index (χ2v) is 5.84. The van der Waals surface area contributed by atoms with Gasteiger partial charge in [0.2, 0.25) is 0 Å². The highest BCUT2D eigenvalue weighted by atomic mass is 14.1. The molecule has 0 saturated heterocycles. The standard InChI is InChI=1S/C8H16.C7H14.C2H6/c1-8-6-4-2-3-5-7-8;1-7-5-3-2-4-6-7;1-2/h8H,2-7H2,1H3;7H,2-6H2,1H3;1-2H3. The van der Waals surface area contributed by atoms with Gasteiger partial charge >= 0.3 is 0 Å². The molecule has 0 aromatic carbocycles. The van der Waals surface area contributed by atoms with Crippen LogP contribution in [0.3, 0.4) is 0 Å². The summed E-state index contributed by atoms with van der Waals surface area (Å²) in [6.45, 7) is 8.74. The first kappa shape index (κ1) is 17.0. The number of hydrogen-bond acceptors (Lipinski definition) is 0. The van der Waals surface area contributed by atoms with E-state index in [4.69, 9.17) is 0 Å². The van der Waals surface area contributed by atoms with Crippen molar-refractivity contribution in [1.29, 1.82) is 0 Å². The Morgan fingerprint density at radius 3 is 1.00 bits per heavy atom. The van der Waals surface area contributed by atoms with Crippen molar-refractivity contribution >= 4 is 0 Å². The lowest BCUT2D eigenvalue weighted by atomic mass is 9.91. The zero-order valence-corrected chi connectivity index (χ0v) is 12.9. The van der Waals surface area contributed by atoms with E-state index in [9.17, 15) is 0 Å². The van der Waals surface area contributed by atoms with Crippen LogP contribution in [0.5, 0.6) is 0 Å². The molecule has 0 radical (unpaired) electrons. The normalized spacial score (nSPS) is 22.6. The Hall–Kier alpha value is 0. The maximum Gasteiger partial charge on any atom is -0.0443 e. The van der Waals surface area contributed by atoms with E-state index >= 15 is 0 Å². The molecule has 0 unspecified atom stereocenters. The zero-order valence-electron chi connectivity index (χ0n) is 12.9. The molecule has 2 aliphatic carbocycles. The van der Waals surface area contributed by atoms with Crippen LogP contribution in [0.4, 0.5) is 0 Å². The summed E-state index contributed by atoms with van der Waals surface area (Å²) in [5.41, 5.74) is 0. The monoisotopic (exact) mass is 240 g/mol. The van der Waals surface area contributed by atoms with Gasteiger partial charge in [0.05, 0.1) is 0 Å². The molecule has 0 nitrogen and oxygen atoms in total. The van der Waals surface area contributed by atoms with Crippen LogP contribution < -0.4 is 0 Å². The summed E-state index contributed by atoms with van der Waals surface area (Å²) in [6, 6.07) is 0. The summed E-state index contributed by atoms with van der Waals surface area (Å²) in [6.07, 6.45) is 16.4. The van der Waals surface area contributed by atoms with Gasteiger partial charge in [0, 0.05) is 0 Å². The van der Waals surface area contributed by atoms with Crippen LogP contribution in [-0.4, -0.2) is 0 Å². The van der Waals surface area contributed by atoms with E-state index in [1.807, 2.05) is 13.8 Å². The van der Waals surface area contributed by atoms with Crippen molar-refractivity contribution in [3.63, 3.8) is 0 Å². The highest BCUT2D eigenvalue weighted by Gasteiger charge is 2.06. The zero-order chi connectivity index (χ0) is 12.9. The second-order valence-electron chi connectivity index (χ2n) is 5.84. The summed E-state index contributed by atoms with van der Waals surface area (Å²) in [5, 5.41) is 0. The Bertz CT molecular complexity index is 125. The molecule has 2 aliphatic rings. The Balaban J connectivity index is 0.000000265. The molecule has 0 heterocycles. The predicted molar refractivity (Wildman–Crippen MR) is 80.5 cm³/mol. The average molecular weight is 240 g/mol. The van der Waals surface area contributed by atoms with Gasteiger partial charge in [-0.3, -0.25) is 0 Å². The first-order valence-electron chi connectivity index (χ1n) is 8.29. The fourth-order valence-electron chi connectivity index (χ4n) is 2.79. The summed E-state index contributed by atoms with van der Waals surface area (Å²) >= 11 is 0. The molecule has 2 rings (SSSR count). The van der Waals surface area contributed by atoms with E-state index in [0.717, 1.165) is 11.8 Å². The molecule has 0 atom stereocenters. The van der Waals surface area contributed by atoms with Crippen LogP contribution in [0.1, 0.15) is 98.3 Å². The summed E-state index contributed by atoms with van der Waals surface area (Å²) in [4.78, 5) is 0. The molecule has 104 valence electrons. The Morgan fingerprint density at radius 2 is 0.706 bits per heavy atom. The molecule has 0 bridgehead atoms. The smallest absolute Gasteiger partial charge is 0.0443 e. The fourth-order valence-corrected chi connectivity index (χ4v) is 2.79. The molecule has 0 N–H and O–H groups in total. The molecule has 17 heavy (non-hydrogen) atoms. The van der Waals surface area contributed by atoms with Crippen molar-refractivity contribution in [2.75, 3.05) is 0 Å². The molecule has 0 amide bonds. The van der Waals surface area contributed by atoms with E-state index in [1.165, 1.54) is 70.6 Å². The van der Waals surface area contributed by atoms with Crippen molar-refractivity contribution in [3.05, 3.63) is 0 Å². The second kappa shape index (κ2) is 12.5. The summed E-state index contributed by atoms with van der Waals surface area (Å²) < 4.78 is 0. The first-order chi connectivity index (χ1) is 8.29.